The van der Waals surface area contributed by atoms with Gasteiger partial charge in [0, 0.05) is 49.9 Å². The molecule has 2 heterocycles. The van der Waals surface area contributed by atoms with E-state index in [4.69, 9.17) is 9.47 Å². The van der Waals surface area contributed by atoms with Gasteiger partial charge in [-0.05, 0) is 53.1 Å². The first kappa shape index (κ1) is 24.2. The van der Waals surface area contributed by atoms with Gasteiger partial charge in [0.2, 0.25) is 11.7 Å². The molecule has 36 heavy (non-hydrogen) atoms. The zero-order chi connectivity index (χ0) is 25.1. The lowest BCUT2D eigenvalue weighted by atomic mass is 9.96. The molecule has 0 aliphatic carbocycles. The van der Waals surface area contributed by atoms with Crippen LogP contribution >= 0.6 is 0 Å². The molecule has 7 heteroatoms. The van der Waals surface area contributed by atoms with E-state index in [0.29, 0.717) is 38.1 Å². The Morgan fingerprint density at radius 2 is 1.72 bits per heavy atom. The number of likely N-dealkylation sites (tertiary alicyclic amines) is 1. The van der Waals surface area contributed by atoms with Crippen LogP contribution in [0, 0.1) is 5.82 Å². The summed E-state index contributed by atoms with van der Waals surface area (Å²) in [4.78, 5) is 26.8. The molecule has 6 nitrogen and oxygen atoms in total. The van der Waals surface area contributed by atoms with E-state index in [0.717, 1.165) is 28.0 Å². The van der Waals surface area contributed by atoms with Gasteiger partial charge < -0.3 is 19.5 Å². The highest BCUT2D eigenvalue weighted by atomic mass is 19.1. The van der Waals surface area contributed by atoms with Gasteiger partial charge in [0.25, 0.3) is 0 Å². The van der Waals surface area contributed by atoms with Crippen molar-refractivity contribution >= 4 is 11.7 Å². The minimum Gasteiger partial charge on any atom is -0.462 e. The van der Waals surface area contributed by atoms with Gasteiger partial charge in [0.05, 0.1) is 13.2 Å². The van der Waals surface area contributed by atoms with E-state index >= 15 is 0 Å². The summed E-state index contributed by atoms with van der Waals surface area (Å²) in [5.41, 5.74) is 4.20. The molecular formula is C29H28FNO5. The first-order valence-electron chi connectivity index (χ1n) is 12.2. The maximum absolute atomic E-state index is 13.1. The second kappa shape index (κ2) is 10.2. The van der Waals surface area contributed by atoms with Crippen LogP contribution in [0.15, 0.2) is 66.7 Å². The van der Waals surface area contributed by atoms with Crippen molar-refractivity contribution in [1.82, 2.24) is 4.90 Å². The lowest BCUT2D eigenvalue weighted by Crippen LogP contribution is -2.52. The number of halogens is 1. The molecule has 2 aliphatic heterocycles. The summed E-state index contributed by atoms with van der Waals surface area (Å²) in [6.07, 6.45) is 1.29. The molecule has 0 radical (unpaired) electrons. The SMILES string of the molecule is O=C(CCC(=O)N1CCC2(CC1)OCc1cc(-c3ccccc3CO)ccc1O2)c1ccc(F)cc1. The van der Waals surface area contributed by atoms with Gasteiger partial charge in [0.15, 0.2) is 5.78 Å². The van der Waals surface area contributed by atoms with Gasteiger partial charge in [-0.1, -0.05) is 30.3 Å². The van der Waals surface area contributed by atoms with E-state index in [-0.39, 0.29) is 31.1 Å². The van der Waals surface area contributed by atoms with Crippen molar-refractivity contribution in [2.24, 2.45) is 0 Å². The Morgan fingerprint density at radius 3 is 2.47 bits per heavy atom. The molecular weight excluding hydrogens is 461 g/mol. The Hall–Kier alpha value is -3.55. The van der Waals surface area contributed by atoms with Crippen molar-refractivity contribution < 1.29 is 28.6 Å². The molecule has 3 aromatic carbocycles. The molecule has 1 amide bonds. The molecule has 1 N–H and O–H groups in total. The van der Waals surface area contributed by atoms with Crippen LogP contribution in [0.25, 0.3) is 11.1 Å². The van der Waals surface area contributed by atoms with Crippen molar-refractivity contribution in [2.75, 3.05) is 13.1 Å². The number of fused-ring (bicyclic) bond motifs is 1. The van der Waals surface area contributed by atoms with Gasteiger partial charge in [-0.15, -0.1) is 0 Å². The first-order chi connectivity index (χ1) is 17.5. The number of nitrogens with zero attached hydrogens (tertiary/aromatic N) is 1. The number of Topliss-reactive ketones (excluding diaryl/α,β-unsaturated/α-hetero) is 1. The molecule has 1 saturated heterocycles. The van der Waals surface area contributed by atoms with Crippen molar-refractivity contribution in [3.8, 4) is 16.9 Å². The van der Waals surface area contributed by atoms with Crippen LogP contribution in [0.2, 0.25) is 0 Å². The number of amides is 1. The van der Waals surface area contributed by atoms with Crippen molar-refractivity contribution in [2.45, 2.75) is 44.7 Å². The second-order valence-electron chi connectivity index (χ2n) is 9.25. The van der Waals surface area contributed by atoms with Gasteiger partial charge in [-0.2, -0.15) is 0 Å². The monoisotopic (exact) mass is 489 g/mol. The van der Waals surface area contributed by atoms with E-state index in [1.165, 1.54) is 24.3 Å². The van der Waals surface area contributed by atoms with E-state index in [1.54, 1.807) is 4.90 Å². The van der Waals surface area contributed by atoms with E-state index < -0.39 is 11.6 Å². The molecule has 0 unspecified atom stereocenters. The number of benzene rings is 3. The highest BCUT2D eigenvalue weighted by molar-refractivity contribution is 5.97. The number of hydrogen-bond donors (Lipinski definition) is 1. The Bertz CT molecular complexity index is 1260. The molecule has 3 aromatic rings. The third-order valence-electron chi connectivity index (χ3n) is 6.96. The third kappa shape index (κ3) is 5.03. The molecule has 0 atom stereocenters. The van der Waals surface area contributed by atoms with Crippen molar-refractivity contribution in [1.29, 1.82) is 0 Å². The van der Waals surface area contributed by atoms with Crippen molar-refractivity contribution in [3.05, 3.63) is 89.2 Å². The van der Waals surface area contributed by atoms with Crippen LogP contribution in [0.4, 0.5) is 4.39 Å². The Labute approximate surface area is 209 Å². The molecule has 186 valence electrons. The normalized spacial score (nSPS) is 16.3. The minimum absolute atomic E-state index is 0.0288. The first-order valence-corrected chi connectivity index (χ1v) is 12.2. The third-order valence-corrected chi connectivity index (χ3v) is 6.96. The molecule has 0 saturated carbocycles. The Morgan fingerprint density at radius 1 is 0.972 bits per heavy atom. The molecule has 1 spiro atoms. The summed E-state index contributed by atoms with van der Waals surface area (Å²) in [6.45, 7) is 1.35. The number of hydrogen-bond acceptors (Lipinski definition) is 5. The van der Waals surface area contributed by atoms with Crippen LogP contribution in [-0.4, -0.2) is 40.6 Å². The maximum Gasteiger partial charge on any atom is 0.223 e. The van der Waals surface area contributed by atoms with Crippen LogP contribution in [0.1, 0.15) is 47.2 Å². The van der Waals surface area contributed by atoms with Crippen molar-refractivity contribution in [3.63, 3.8) is 0 Å². The molecule has 5 rings (SSSR count). The Balaban J connectivity index is 1.17. The summed E-state index contributed by atoms with van der Waals surface area (Å²) in [5.74, 6) is -0.640. The zero-order valence-corrected chi connectivity index (χ0v) is 19.9. The van der Waals surface area contributed by atoms with Crippen LogP contribution in [0.3, 0.4) is 0 Å². The molecule has 2 aliphatic rings. The van der Waals surface area contributed by atoms with Gasteiger partial charge in [-0.25, -0.2) is 4.39 Å². The summed E-state index contributed by atoms with van der Waals surface area (Å²) < 4.78 is 25.5. The largest absolute Gasteiger partial charge is 0.462 e. The number of aliphatic hydroxyl groups is 1. The average molecular weight is 490 g/mol. The van der Waals surface area contributed by atoms with Gasteiger partial charge >= 0.3 is 0 Å². The summed E-state index contributed by atoms with van der Waals surface area (Å²) in [7, 11) is 0. The Kier molecular flexibility index (Phi) is 6.85. The van der Waals surface area contributed by atoms with Gasteiger partial charge in [0.1, 0.15) is 11.6 Å². The second-order valence-corrected chi connectivity index (χ2v) is 9.25. The molecule has 1 fully saturated rings. The van der Waals surface area contributed by atoms with Gasteiger partial charge in [-0.3, -0.25) is 9.59 Å². The van der Waals surface area contributed by atoms with Crippen LogP contribution in [-0.2, 0) is 22.7 Å². The topological polar surface area (TPSA) is 76.1 Å². The predicted molar refractivity (Wildman–Crippen MR) is 132 cm³/mol. The van der Waals surface area contributed by atoms with Crippen LogP contribution < -0.4 is 4.74 Å². The number of piperidine rings is 1. The van der Waals surface area contributed by atoms with E-state index in [1.807, 2.05) is 42.5 Å². The fourth-order valence-corrected chi connectivity index (χ4v) is 4.84. The lowest BCUT2D eigenvalue weighted by molar-refractivity contribution is -0.227. The number of aliphatic hydroxyl groups excluding tert-OH is 1. The zero-order valence-electron chi connectivity index (χ0n) is 19.9. The van der Waals surface area contributed by atoms with Crippen LogP contribution in [0.5, 0.6) is 5.75 Å². The summed E-state index contributed by atoms with van der Waals surface area (Å²) in [6, 6.07) is 19.1. The number of carbonyl (C=O) groups excluding carboxylic acids is 2. The van der Waals surface area contributed by atoms with E-state index in [2.05, 4.69) is 0 Å². The number of ether oxygens (including phenoxy) is 2. The number of rotatable bonds is 6. The summed E-state index contributed by atoms with van der Waals surface area (Å²) >= 11 is 0. The predicted octanol–water partition coefficient (Wildman–Crippen LogP) is 4.88. The fourth-order valence-electron chi connectivity index (χ4n) is 4.84. The summed E-state index contributed by atoms with van der Waals surface area (Å²) in [5, 5.41) is 9.66. The van der Waals surface area contributed by atoms with E-state index in [9.17, 15) is 19.1 Å². The molecule has 0 bridgehead atoms. The average Bonchev–Trinajstić information content (AvgIpc) is 2.92. The minimum atomic E-state index is -0.766. The highest BCUT2D eigenvalue weighted by Crippen LogP contribution is 2.39. The smallest absolute Gasteiger partial charge is 0.223 e. The number of carbonyl (C=O) groups is 2. The number of ketones is 1. The highest BCUT2D eigenvalue weighted by Gasteiger charge is 2.41. The molecule has 0 aromatic heterocycles. The quantitative estimate of drug-likeness (QED) is 0.500. The fraction of sp³-hybridized carbons (Fsp3) is 0.310. The standard InChI is InChI=1S/C29H28FNO5/c30-24-8-5-20(6-9-24)26(33)10-12-28(34)31-15-13-29(14-16-31)35-19-23-17-21(7-11-27(23)36-29)25-4-2-1-3-22(25)18-32/h1-9,11,17,32H,10,12-16,18-19H2. The maximum atomic E-state index is 13.1. The lowest BCUT2D eigenvalue weighted by Gasteiger charge is -2.44.